The second-order valence-electron chi connectivity index (χ2n) is 6.37. The number of H-pyrrole nitrogens is 1. The summed E-state index contributed by atoms with van der Waals surface area (Å²) in [5.74, 6) is -0.194. The van der Waals surface area contributed by atoms with Gasteiger partial charge in [0.05, 0.1) is 12.0 Å². The van der Waals surface area contributed by atoms with Gasteiger partial charge in [-0.2, -0.15) is 0 Å². The number of piperazine rings is 1. The first-order chi connectivity index (χ1) is 12.3. The summed E-state index contributed by atoms with van der Waals surface area (Å²) in [7, 11) is 0. The molecule has 3 aromatic rings. The van der Waals surface area contributed by atoms with Crippen LogP contribution >= 0.6 is 24.8 Å². The lowest BCUT2D eigenvalue weighted by Gasteiger charge is -2.35. The molecule has 144 valence electrons. The molecule has 0 bridgehead atoms. The van der Waals surface area contributed by atoms with Gasteiger partial charge in [-0.15, -0.1) is 24.8 Å². The summed E-state index contributed by atoms with van der Waals surface area (Å²) in [6.45, 7) is 2.73. The number of rotatable bonds is 4. The van der Waals surface area contributed by atoms with Crippen LogP contribution in [0.2, 0.25) is 0 Å². The van der Waals surface area contributed by atoms with Gasteiger partial charge in [-0.05, 0) is 24.3 Å². The van der Waals surface area contributed by atoms with Crippen LogP contribution in [0.15, 0.2) is 60.9 Å². The molecule has 0 saturated carbocycles. The number of hydrogen-bond donors (Lipinski definition) is 2. The van der Waals surface area contributed by atoms with Gasteiger partial charge in [-0.3, -0.25) is 0 Å². The van der Waals surface area contributed by atoms with Crippen molar-refractivity contribution in [3.63, 3.8) is 0 Å². The van der Waals surface area contributed by atoms with Crippen LogP contribution in [0.1, 0.15) is 5.69 Å². The van der Waals surface area contributed by atoms with Crippen molar-refractivity contribution in [2.45, 2.75) is 12.5 Å². The second kappa shape index (κ2) is 9.74. The first kappa shape index (κ1) is 21.2. The highest BCUT2D eigenvalue weighted by Gasteiger charge is 2.22. The zero-order valence-corrected chi connectivity index (χ0v) is 16.4. The summed E-state index contributed by atoms with van der Waals surface area (Å²) in [4.78, 5) is 10.1. The van der Waals surface area contributed by atoms with Gasteiger partial charge < -0.3 is 15.2 Å². The third-order valence-electron chi connectivity index (χ3n) is 4.66. The molecule has 1 aromatic heterocycles. The third-order valence-corrected chi connectivity index (χ3v) is 4.66. The van der Waals surface area contributed by atoms with Gasteiger partial charge >= 0.3 is 0 Å². The van der Waals surface area contributed by atoms with Crippen molar-refractivity contribution < 1.29 is 4.39 Å². The van der Waals surface area contributed by atoms with Gasteiger partial charge in [0.1, 0.15) is 5.82 Å². The zero-order valence-electron chi connectivity index (χ0n) is 14.8. The largest absolute Gasteiger partial charge is 0.369 e. The fraction of sp³-hybridized carbons (Fsp3) is 0.250. The van der Waals surface area contributed by atoms with Crippen molar-refractivity contribution in [2.75, 3.05) is 24.5 Å². The number of aromatic amines is 1. The van der Waals surface area contributed by atoms with Crippen LogP contribution < -0.4 is 10.2 Å². The normalized spacial score (nSPS) is 16.3. The molecule has 0 spiro atoms. The van der Waals surface area contributed by atoms with Crippen molar-refractivity contribution >= 4 is 30.5 Å². The maximum atomic E-state index is 13.1. The van der Waals surface area contributed by atoms with Crippen LogP contribution in [0, 0.1) is 5.82 Å². The summed E-state index contributed by atoms with van der Waals surface area (Å²) in [5, 5.41) is 3.58. The van der Waals surface area contributed by atoms with Gasteiger partial charge in [0, 0.05) is 49.0 Å². The van der Waals surface area contributed by atoms with Crippen molar-refractivity contribution in [1.29, 1.82) is 0 Å². The predicted octanol–water partition coefficient (Wildman–Crippen LogP) is 4.08. The monoisotopic (exact) mass is 408 g/mol. The molecule has 7 heteroatoms. The first-order valence-electron chi connectivity index (χ1n) is 8.61. The number of nitrogens with zero attached hydrogens (tertiary/aromatic N) is 2. The number of halogens is 3. The van der Waals surface area contributed by atoms with Crippen LogP contribution in [0.3, 0.4) is 0 Å². The minimum Gasteiger partial charge on any atom is -0.369 e. The van der Waals surface area contributed by atoms with Crippen LogP contribution in [-0.4, -0.2) is 35.6 Å². The summed E-state index contributed by atoms with van der Waals surface area (Å²) < 4.78 is 13.1. The number of hydrogen-bond acceptors (Lipinski definition) is 3. The Morgan fingerprint density at radius 1 is 1.04 bits per heavy atom. The van der Waals surface area contributed by atoms with E-state index in [1.54, 1.807) is 6.33 Å². The summed E-state index contributed by atoms with van der Waals surface area (Å²) in [6.07, 6.45) is 2.64. The van der Waals surface area contributed by atoms with Gasteiger partial charge in [-0.1, -0.05) is 30.3 Å². The molecule has 4 nitrogen and oxygen atoms in total. The molecule has 4 rings (SSSR count). The lowest BCUT2D eigenvalue weighted by Crippen LogP contribution is -2.51. The smallest absolute Gasteiger partial charge is 0.123 e. The fourth-order valence-electron chi connectivity index (χ4n) is 3.42. The molecule has 2 heterocycles. The van der Waals surface area contributed by atoms with E-state index < -0.39 is 0 Å². The number of nitrogens with one attached hydrogen (secondary N) is 2. The maximum absolute atomic E-state index is 13.1. The van der Waals surface area contributed by atoms with Crippen molar-refractivity contribution in [3.8, 4) is 11.3 Å². The Morgan fingerprint density at radius 3 is 2.52 bits per heavy atom. The SMILES string of the molecule is Cl.Cl.Fc1ccc(N2CCNC(Cc3[nH]cnc3-c3ccccc3)C2)cc1. The Kier molecular flexibility index (Phi) is 7.66. The fourth-order valence-corrected chi connectivity index (χ4v) is 3.42. The molecule has 1 fully saturated rings. The van der Waals surface area contributed by atoms with E-state index in [0.717, 1.165) is 48.7 Å². The molecule has 1 atom stereocenters. The standard InChI is InChI=1S/C20H21FN4.2ClH/c21-16-6-8-18(9-7-16)25-11-10-22-17(13-25)12-19-20(24-14-23-19)15-4-2-1-3-5-15;;/h1-9,14,17,22H,10-13H2,(H,23,24);2*1H. The molecule has 1 aliphatic heterocycles. The van der Waals surface area contributed by atoms with E-state index in [9.17, 15) is 4.39 Å². The molecule has 2 N–H and O–H groups in total. The minimum atomic E-state index is -0.194. The third kappa shape index (κ3) is 5.01. The Balaban J connectivity index is 0.00000131. The van der Waals surface area contributed by atoms with E-state index in [4.69, 9.17) is 0 Å². The highest BCUT2D eigenvalue weighted by molar-refractivity contribution is 5.85. The van der Waals surface area contributed by atoms with Crippen LogP contribution in [0.5, 0.6) is 0 Å². The van der Waals surface area contributed by atoms with E-state index in [1.165, 1.54) is 12.1 Å². The summed E-state index contributed by atoms with van der Waals surface area (Å²) in [6, 6.07) is 17.3. The Labute approximate surface area is 171 Å². The van der Waals surface area contributed by atoms with Crippen LogP contribution in [0.4, 0.5) is 10.1 Å². The predicted molar refractivity (Wildman–Crippen MR) is 113 cm³/mol. The van der Waals surface area contributed by atoms with Crippen LogP contribution in [-0.2, 0) is 6.42 Å². The average Bonchev–Trinajstić information content (AvgIpc) is 3.11. The number of aromatic nitrogens is 2. The van der Waals surface area contributed by atoms with E-state index in [2.05, 4.69) is 32.3 Å². The molecule has 1 unspecified atom stereocenters. The second-order valence-corrected chi connectivity index (χ2v) is 6.37. The zero-order chi connectivity index (χ0) is 17.1. The topological polar surface area (TPSA) is 44.0 Å². The molecular formula is C20H23Cl2FN4. The molecule has 1 saturated heterocycles. The average molecular weight is 409 g/mol. The molecule has 27 heavy (non-hydrogen) atoms. The minimum absolute atomic E-state index is 0. The first-order valence-corrected chi connectivity index (χ1v) is 8.61. The number of anilines is 1. The van der Waals surface area contributed by atoms with Crippen LogP contribution in [0.25, 0.3) is 11.3 Å². The van der Waals surface area contributed by atoms with Gasteiger partial charge in [0.2, 0.25) is 0 Å². The summed E-state index contributed by atoms with van der Waals surface area (Å²) in [5.41, 5.74) is 4.36. The highest BCUT2D eigenvalue weighted by atomic mass is 35.5. The van der Waals surface area contributed by atoms with Crippen molar-refractivity contribution in [3.05, 3.63) is 72.4 Å². The van der Waals surface area contributed by atoms with Crippen molar-refractivity contribution in [1.82, 2.24) is 15.3 Å². The highest BCUT2D eigenvalue weighted by Crippen LogP contribution is 2.22. The van der Waals surface area contributed by atoms with E-state index >= 15 is 0 Å². The van der Waals surface area contributed by atoms with Gasteiger partial charge in [-0.25, -0.2) is 9.37 Å². The molecular weight excluding hydrogens is 386 g/mol. The van der Waals surface area contributed by atoms with E-state index in [1.807, 2.05) is 30.3 Å². The lowest BCUT2D eigenvalue weighted by molar-refractivity contribution is 0.452. The molecule has 2 aromatic carbocycles. The molecule has 0 amide bonds. The molecule has 0 radical (unpaired) electrons. The molecule has 1 aliphatic rings. The molecule has 0 aliphatic carbocycles. The van der Waals surface area contributed by atoms with E-state index in [0.29, 0.717) is 6.04 Å². The van der Waals surface area contributed by atoms with Gasteiger partial charge in [0.25, 0.3) is 0 Å². The quantitative estimate of drug-likeness (QED) is 0.683. The van der Waals surface area contributed by atoms with Crippen molar-refractivity contribution in [2.24, 2.45) is 0 Å². The lowest BCUT2D eigenvalue weighted by atomic mass is 10.0. The summed E-state index contributed by atoms with van der Waals surface area (Å²) >= 11 is 0. The Bertz CT molecular complexity index is 824. The van der Waals surface area contributed by atoms with E-state index in [-0.39, 0.29) is 30.6 Å². The van der Waals surface area contributed by atoms with Gasteiger partial charge in [0.15, 0.2) is 0 Å². The Hall–Kier alpha value is -2.08. The number of benzene rings is 2. The number of imidazole rings is 1. The Morgan fingerprint density at radius 2 is 1.78 bits per heavy atom. The maximum Gasteiger partial charge on any atom is 0.123 e.